The Morgan fingerprint density at radius 3 is 2.10 bits per heavy atom. The van der Waals surface area contributed by atoms with Crippen molar-refractivity contribution in [3.05, 3.63) is 0 Å². The molecule has 0 aromatic rings. The third kappa shape index (κ3) is 6.65. The zero-order chi connectivity index (χ0) is 7.44. The SMILES string of the molecule is CC(C)C(=O)O[P+](=O)[O-].[Na+]. The van der Waals surface area contributed by atoms with E-state index in [9.17, 15) is 14.3 Å². The van der Waals surface area contributed by atoms with E-state index in [4.69, 9.17) is 0 Å². The van der Waals surface area contributed by atoms with E-state index in [0.29, 0.717) is 0 Å². The first kappa shape index (κ1) is 13.1. The van der Waals surface area contributed by atoms with Gasteiger partial charge in [0.25, 0.3) is 0 Å². The van der Waals surface area contributed by atoms with E-state index in [1.54, 1.807) is 13.8 Å². The van der Waals surface area contributed by atoms with Crippen LogP contribution >= 0.6 is 8.25 Å². The van der Waals surface area contributed by atoms with Crippen LogP contribution in [0.15, 0.2) is 0 Å². The van der Waals surface area contributed by atoms with Crippen molar-refractivity contribution in [2.45, 2.75) is 13.8 Å². The van der Waals surface area contributed by atoms with Gasteiger partial charge in [-0.1, -0.05) is 13.8 Å². The Balaban J connectivity index is 0. The van der Waals surface area contributed by atoms with E-state index in [1.165, 1.54) is 0 Å². The van der Waals surface area contributed by atoms with Crippen LogP contribution in [0.1, 0.15) is 13.8 Å². The van der Waals surface area contributed by atoms with Crippen LogP contribution in [-0.2, 0) is 13.9 Å². The monoisotopic (exact) mass is 173 g/mol. The molecule has 0 aromatic carbocycles. The smallest absolute Gasteiger partial charge is 0.558 e. The minimum atomic E-state index is -3.02. The van der Waals surface area contributed by atoms with Gasteiger partial charge in [0.05, 0.1) is 5.92 Å². The molecule has 4 nitrogen and oxygen atoms in total. The van der Waals surface area contributed by atoms with Gasteiger partial charge in [-0.15, -0.1) is 0 Å². The molecule has 52 valence electrons. The molecule has 0 rings (SSSR count). The molecule has 0 spiro atoms. The van der Waals surface area contributed by atoms with E-state index in [1.807, 2.05) is 0 Å². The van der Waals surface area contributed by atoms with Crippen LogP contribution in [0.5, 0.6) is 0 Å². The predicted molar refractivity (Wildman–Crippen MR) is 28.5 cm³/mol. The summed E-state index contributed by atoms with van der Waals surface area (Å²) in [7, 11) is -3.02. The van der Waals surface area contributed by atoms with Gasteiger partial charge < -0.3 is 4.89 Å². The van der Waals surface area contributed by atoms with Crippen LogP contribution in [-0.4, -0.2) is 5.97 Å². The van der Waals surface area contributed by atoms with Crippen molar-refractivity contribution in [3.63, 3.8) is 0 Å². The molecule has 0 amide bonds. The Bertz CT molecular complexity index is 135. The van der Waals surface area contributed by atoms with Gasteiger partial charge >= 0.3 is 43.8 Å². The molecular formula is C4H7NaO4P+. The molecule has 0 saturated carbocycles. The van der Waals surface area contributed by atoms with Gasteiger partial charge in [0.15, 0.2) is 0 Å². The molecule has 1 unspecified atom stereocenters. The van der Waals surface area contributed by atoms with Crippen LogP contribution in [0.25, 0.3) is 0 Å². The molecule has 0 fully saturated rings. The number of rotatable bonds is 2. The van der Waals surface area contributed by atoms with E-state index in [2.05, 4.69) is 4.52 Å². The summed E-state index contributed by atoms with van der Waals surface area (Å²) in [4.78, 5) is 20.1. The second kappa shape index (κ2) is 6.25. The van der Waals surface area contributed by atoms with Gasteiger partial charge in [0.2, 0.25) is 0 Å². The van der Waals surface area contributed by atoms with Crippen molar-refractivity contribution in [1.29, 1.82) is 0 Å². The van der Waals surface area contributed by atoms with Gasteiger partial charge in [0.1, 0.15) is 0 Å². The summed E-state index contributed by atoms with van der Waals surface area (Å²) < 4.78 is 13.5. The normalized spacial score (nSPS) is 10.2. The fraction of sp³-hybridized carbons (Fsp3) is 0.750. The Kier molecular flexibility index (Phi) is 8.22. The molecule has 0 aliphatic carbocycles. The molecule has 10 heavy (non-hydrogen) atoms. The fourth-order valence-corrected chi connectivity index (χ4v) is 0.537. The molecule has 0 aliphatic rings. The first-order valence-corrected chi connectivity index (χ1v) is 3.49. The average molecular weight is 173 g/mol. The van der Waals surface area contributed by atoms with Gasteiger partial charge in [-0.3, -0.25) is 0 Å². The maximum absolute atomic E-state index is 10.3. The van der Waals surface area contributed by atoms with Crippen molar-refractivity contribution in [2.24, 2.45) is 5.92 Å². The third-order valence-corrected chi connectivity index (χ3v) is 0.965. The number of carbonyl (C=O) groups is 1. The summed E-state index contributed by atoms with van der Waals surface area (Å²) in [5.41, 5.74) is 0. The van der Waals surface area contributed by atoms with Gasteiger partial charge in [-0.2, -0.15) is 0 Å². The fourth-order valence-electron chi connectivity index (χ4n) is 0.179. The van der Waals surface area contributed by atoms with Gasteiger partial charge in [-0.05, 0) is 4.57 Å². The maximum Gasteiger partial charge on any atom is 1.00 e. The quantitative estimate of drug-likeness (QED) is 0.334. The molecule has 0 aromatic heterocycles. The molecule has 0 radical (unpaired) electrons. The van der Waals surface area contributed by atoms with E-state index in [-0.39, 0.29) is 29.6 Å². The number of carbonyl (C=O) groups excluding carboxylic acids is 1. The largest absolute Gasteiger partial charge is 1.00 e. The van der Waals surface area contributed by atoms with Crippen LogP contribution in [0.4, 0.5) is 0 Å². The number of hydrogen-bond donors (Lipinski definition) is 0. The zero-order valence-corrected chi connectivity index (χ0v) is 9.05. The minimum Gasteiger partial charge on any atom is -0.558 e. The first-order chi connectivity index (χ1) is 4.04. The Hall–Kier alpha value is 0.530. The van der Waals surface area contributed by atoms with Crippen LogP contribution in [0, 0.1) is 5.92 Å². The maximum atomic E-state index is 10.3. The second-order valence-electron chi connectivity index (χ2n) is 1.79. The standard InChI is InChI=1S/C4H7O4P.Na/c1-3(2)4(5)8-9(6)7;/h3H,1-2H3;/q;+1. The van der Waals surface area contributed by atoms with Gasteiger partial charge in [-0.25, -0.2) is 9.32 Å². The molecule has 1 atom stereocenters. The van der Waals surface area contributed by atoms with E-state index < -0.39 is 20.1 Å². The summed E-state index contributed by atoms with van der Waals surface area (Å²) in [6.07, 6.45) is 0. The van der Waals surface area contributed by atoms with Crippen LogP contribution in [0.2, 0.25) is 0 Å². The molecule has 0 bridgehead atoms. The predicted octanol–water partition coefficient (Wildman–Crippen LogP) is -2.79. The molecule has 6 heteroatoms. The summed E-state index contributed by atoms with van der Waals surface area (Å²) in [6.45, 7) is 3.11. The molecular weight excluding hydrogens is 166 g/mol. The first-order valence-electron chi connectivity index (χ1n) is 2.40. The number of hydrogen-bond acceptors (Lipinski definition) is 4. The van der Waals surface area contributed by atoms with Crippen molar-refractivity contribution < 1.29 is 48.3 Å². The summed E-state index contributed by atoms with van der Waals surface area (Å²) >= 11 is 0. The third-order valence-electron chi connectivity index (χ3n) is 0.636. The van der Waals surface area contributed by atoms with Crippen LogP contribution in [0.3, 0.4) is 0 Å². The van der Waals surface area contributed by atoms with E-state index in [0.717, 1.165) is 0 Å². The Morgan fingerprint density at radius 2 is 2.00 bits per heavy atom. The minimum absolute atomic E-state index is 0. The van der Waals surface area contributed by atoms with Crippen molar-refractivity contribution >= 4 is 14.2 Å². The second-order valence-corrected chi connectivity index (χ2v) is 2.42. The van der Waals surface area contributed by atoms with Crippen molar-refractivity contribution in [3.8, 4) is 0 Å². The topological polar surface area (TPSA) is 66.4 Å². The summed E-state index contributed by atoms with van der Waals surface area (Å²) in [6, 6.07) is 0. The summed E-state index contributed by atoms with van der Waals surface area (Å²) in [5.74, 6) is -1.11. The Morgan fingerprint density at radius 1 is 1.60 bits per heavy atom. The van der Waals surface area contributed by atoms with Crippen LogP contribution < -0.4 is 34.5 Å². The Labute approximate surface area is 82.2 Å². The molecule has 0 N–H and O–H groups in total. The van der Waals surface area contributed by atoms with Crippen molar-refractivity contribution in [2.75, 3.05) is 0 Å². The van der Waals surface area contributed by atoms with Gasteiger partial charge in [0, 0.05) is 0 Å². The van der Waals surface area contributed by atoms with Crippen molar-refractivity contribution in [1.82, 2.24) is 0 Å². The molecule has 0 aliphatic heterocycles. The zero-order valence-electron chi connectivity index (χ0n) is 6.16. The summed E-state index contributed by atoms with van der Waals surface area (Å²) in [5, 5.41) is 0. The average Bonchev–Trinajstić information content (AvgIpc) is 1.63. The van der Waals surface area contributed by atoms with E-state index >= 15 is 0 Å². The molecule has 0 heterocycles. The molecule has 0 saturated heterocycles.